The number of halogens is 2. The number of benzene rings is 1. The average molecular weight is 358 g/mol. The summed E-state index contributed by atoms with van der Waals surface area (Å²) in [5, 5.41) is 0.123. The fourth-order valence-electron chi connectivity index (χ4n) is 2.00. The van der Waals surface area contributed by atoms with Crippen molar-refractivity contribution in [2.24, 2.45) is 0 Å². The van der Waals surface area contributed by atoms with Gasteiger partial charge >= 0.3 is 5.69 Å². The van der Waals surface area contributed by atoms with Crippen molar-refractivity contribution >= 4 is 27.5 Å². The molecule has 6 heteroatoms. The van der Waals surface area contributed by atoms with Gasteiger partial charge in [0.1, 0.15) is 5.15 Å². The van der Waals surface area contributed by atoms with Crippen molar-refractivity contribution in [3.05, 3.63) is 65.9 Å². The first-order valence-electron chi connectivity index (χ1n) is 6.17. The quantitative estimate of drug-likeness (QED) is 0.858. The first-order chi connectivity index (χ1) is 9.41. The van der Waals surface area contributed by atoms with Gasteiger partial charge in [0.15, 0.2) is 0 Å². The number of hydrogen-bond donors (Lipinski definition) is 1. The van der Waals surface area contributed by atoms with Crippen LogP contribution in [0.2, 0.25) is 5.15 Å². The van der Waals surface area contributed by atoms with E-state index < -0.39 is 5.69 Å². The van der Waals surface area contributed by atoms with Crippen molar-refractivity contribution < 1.29 is 0 Å². The summed E-state index contributed by atoms with van der Waals surface area (Å²) in [7, 11) is 0. The largest absolute Gasteiger partial charge is 0.329 e. The molecular weight excluding hydrogens is 344 g/mol. The van der Waals surface area contributed by atoms with E-state index in [1.54, 1.807) is 0 Å². The van der Waals surface area contributed by atoms with Crippen LogP contribution in [0.1, 0.15) is 30.9 Å². The van der Waals surface area contributed by atoms with Gasteiger partial charge in [0.05, 0.1) is 12.1 Å². The van der Waals surface area contributed by atoms with Crippen molar-refractivity contribution in [1.82, 2.24) is 9.55 Å². The van der Waals surface area contributed by atoms with E-state index in [2.05, 4.69) is 20.9 Å². The van der Waals surface area contributed by atoms with E-state index >= 15 is 0 Å². The minimum atomic E-state index is -0.500. The lowest BCUT2D eigenvalue weighted by Crippen LogP contribution is -2.38. The summed E-state index contributed by atoms with van der Waals surface area (Å²) in [6, 6.07) is 7.47. The van der Waals surface area contributed by atoms with Crippen molar-refractivity contribution in [1.29, 1.82) is 0 Å². The molecule has 106 valence electrons. The third kappa shape index (κ3) is 2.88. The SMILES string of the molecule is CC(C)c1c(Cl)[nH]c(=O)n(Cc2ccccc2Br)c1=O. The molecule has 0 saturated carbocycles. The molecule has 0 radical (unpaired) electrons. The monoisotopic (exact) mass is 356 g/mol. The molecule has 0 aliphatic carbocycles. The summed E-state index contributed by atoms with van der Waals surface area (Å²) >= 11 is 9.37. The van der Waals surface area contributed by atoms with E-state index in [-0.39, 0.29) is 23.2 Å². The summed E-state index contributed by atoms with van der Waals surface area (Å²) < 4.78 is 2.02. The summed E-state index contributed by atoms with van der Waals surface area (Å²) in [4.78, 5) is 26.9. The number of rotatable bonds is 3. The fraction of sp³-hybridized carbons (Fsp3) is 0.286. The first-order valence-corrected chi connectivity index (χ1v) is 7.34. The van der Waals surface area contributed by atoms with Gasteiger partial charge in [-0.2, -0.15) is 0 Å². The Bertz CT molecular complexity index is 750. The molecule has 1 heterocycles. The predicted octanol–water partition coefficient (Wildman–Crippen LogP) is 3.12. The van der Waals surface area contributed by atoms with Crippen LogP contribution < -0.4 is 11.2 Å². The second-order valence-electron chi connectivity index (χ2n) is 4.80. The zero-order valence-electron chi connectivity index (χ0n) is 11.1. The summed E-state index contributed by atoms with van der Waals surface area (Å²) in [6.07, 6.45) is 0. The molecule has 2 rings (SSSR count). The van der Waals surface area contributed by atoms with Crippen LogP contribution in [-0.2, 0) is 6.54 Å². The van der Waals surface area contributed by atoms with E-state index in [0.29, 0.717) is 5.56 Å². The van der Waals surface area contributed by atoms with Crippen molar-refractivity contribution in [2.45, 2.75) is 26.3 Å². The van der Waals surface area contributed by atoms with Gasteiger partial charge in [0, 0.05) is 4.47 Å². The van der Waals surface area contributed by atoms with E-state index in [4.69, 9.17) is 11.6 Å². The molecule has 0 aliphatic rings. The van der Waals surface area contributed by atoms with Gasteiger partial charge in [0.25, 0.3) is 5.56 Å². The molecule has 0 amide bonds. The number of H-pyrrole nitrogens is 1. The standard InChI is InChI=1S/C14H14BrClN2O2/c1-8(2)11-12(16)17-14(20)18(13(11)19)7-9-5-3-4-6-10(9)15/h3-6,8H,7H2,1-2H3,(H,17,20). The second-order valence-corrected chi connectivity index (χ2v) is 6.03. The topological polar surface area (TPSA) is 54.9 Å². The molecule has 0 unspecified atom stereocenters. The molecule has 0 atom stereocenters. The van der Waals surface area contributed by atoms with Gasteiger partial charge in [-0.25, -0.2) is 4.79 Å². The lowest BCUT2D eigenvalue weighted by molar-refractivity contribution is 0.669. The van der Waals surface area contributed by atoms with Crippen molar-refractivity contribution in [2.75, 3.05) is 0 Å². The van der Waals surface area contributed by atoms with Crippen LogP contribution in [0.4, 0.5) is 0 Å². The molecule has 0 fully saturated rings. The van der Waals surface area contributed by atoms with Gasteiger partial charge in [-0.1, -0.05) is 59.6 Å². The normalized spacial score (nSPS) is 11.1. The Morgan fingerprint density at radius 2 is 1.95 bits per heavy atom. The summed E-state index contributed by atoms with van der Waals surface area (Å²) in [5.41, 5.74) is 0.445. The molecule has 1 aromatic carbocycles. The molecule has 1 aromatic heterocycles. The molecule has 4 nitrogen and oxygen atoms in total. The molecule has 2 aromatic rings. The zero-order valence-corrected chi connectivity index (χ0v) is 13.5. The summed E-state index contributed by atoms with van der Waals surface area (Å²) in [6.45, 7) is 3.93. The van der Waals surface area contributed by atoms with Gasteiger partial charge in [-0.05, 0) is 17.5 Å². The Balaban J connectivity index is 2.59. The Morgan fingerprint density at radius 1 is 1.30 bits per heavy atom. The number of nitrogens with zero attached hydrogens (tertiary/aromatic N) is 1. The third-order valence-corrected chi connectivity index (χ3v) is 4.11. The smallest absolute Gasteiger partial charge is 0.297 e. The number of hydrogen-bond acceptors (Lipinski definition) is 2. The first kappa shape index (κ1) is 15.1. The molecule has 1 N–H and O–H groups in total. The van der Waals surface area contributed by atoms with Crippen LogP contribution in [0.15, 0.2) is 38.3 Å². The maximum atomic E-state index is 12.4. The second kappa shape index (κ2) is 5.97. The Kier molecular flexibility index (Phi) is 4.50. The van der Waals surface area contributed by atoms with E-state index in [9.17, 15) is 9.59 Å². The molecule has 0 aliphatic heterocycles. The lowest BCUT2D eigenvalue weighted by atomic mass is 10.1. The molecule has 0 spiro atoms. The minimum absolute atomic E-state index is 0.0580. The van der Waals surface area contributed by atoms with Gasteiger partial charge in [-0.15, -0.1) is 0 Å². The van der Waals surface area contributed by atoms with Gasteiger partial charge in [-0.3, -0.25) is 14.3 Å². The highest BCUT2D eigenvalue weighted by Crippen LogP contribution is 2.18. The van der Waals surface area contributed by atoms with Crippen LogP contribution in [-0.4, -0.2) is 9.55 Å². The van der Waals surface area contributed by atoms with Crippen molar-refractivity contribution in [3.8, 4) is 0 Å². The van der Waals surface area contributed by atoms with E-state index in [1.807, 2.05) is 38.1 Å². The lowest BCUT2D eigenvalue weighted by Gasteiger charge is -2.12. The van der Waals surface area contributed by atoms with Crippen molar-refractivity contribution in [3.63, 3.8) is 0 Å². The van der Waals surface area contributed by atoms with Crippen LogP contribution >= 0.6 is 27.5 Å². The van der Waals surface area contributed by atoms with Gasteiger partial charge < -0.3 is 0 Å². The fourth-order valence-corrected chi connectivity index (χ4v) is 2.79. The minimum Gasteiger partial charge on any atom is -0.297 e. The van der Waals surface area contributed by atoms with Crippen LogP contribution in [0.3, 0.4) is 0 Å². The third-order valence-electron chi connectivity index (χ3n) is 3.04. The predicted molar refractivity (Wildman–Crippen MR) is 83.7 cm³/mol. The maximum absolute atomic E-state index is 12.4. The molecule has 0 saturated heterocycles. The highest BCUT2D eigenvalue weighted by atomic mass is 79.9. The highest BCUT2D eigenvalue weighted by Gasteiger charge is 2.16. The molecule has 0 bridgehead atoms. The van der Waals surface area contributed by atoms with Crippen LogP contribution in [0.25, 0.3) is 0 Å². The molecular formula is C14H14BrClN2O2. The number of nitrogens with one attached hydrogen (secondary N) is 1. The Morgan fingerprint density at radius 3 is 2.55 bits per heavy atom. The highest BCUT2D eigenvalue weighted by molar-refractivity contribution is 9.10. The average Bonchev–Trinajstić information content (AvgIpc) is 2.35. The molecule has 20 heavy (non-hydrogen) atoms. The zero-order chi connectivity index (χ0) is 14.9. The van der Waals surface area contributed by atoms with E-state index in [0.717, 1.165) is 10.0 Å². The number of aromatic nitrogens is 2. The number of aromatic amines is 1. The van der Waals surface area contributed by atoms with E-state index in [1.165, 1.54) is 4.57 Å². The van der Waals surface area contributed by atoms with Crippen LogP contribution in [0, 0.1) is 0 Å². The van der Waals surface area contributed by atoms with Gasteiger partial charge in [0.2, 0.25) is 0 Å². The summed E-state index contributed by atoms with van der Waals surface area (Å²) in [5.74, 6) is -0.0580. The Hall–Kier alpha value is -1.33. The maximum Gasteiger partial charge on any atom is 0.329 e. The van der Waals surface area contributed by atoms with Crippen LogP contribution in [0.5, 0.6) is 0 Å². The Labute approximate surface area is 129 Å².